The van der Waals surface area contributed by atoms with Crippen LogP contribution in [0.1, 0.15) is 6.92 Å². The van der Waals surface area contributed by atoms with E-state index in [-0.39, 0.29) is 12.6 Å². The van der Waals surface area contributed by atoms with E-state index < -0.39 is 0 Å². The molecule has 0 aliphatic carbocycles. The first kappa shape index (κ1) is 10.1. The summed E-state index contributed by atoms with van der Waals surface area (Å²) in [5, 5.41) is 8.72. The van der Waals surface area contributed by atoms with Crippen LogP contribution in [-0.2, 0) is 0 Å². The summed E-state index contributed by atoms with van der Waals surface area (Å²) in [6, 6.07) is -0.302. The van der Waals surface area contributed by atoms with E-state index in [1.54, 1.807) is 12.2 Å². The van der Waals surface area contributed by atoms with Crippen molar-refractivity contribution in [3.8, 4) is 0 Å². The second-order valence-corrected chi connectivity index (χ2v) is 2.19. The zero-order valence-corrected chi connectivity index (χ0v) is 6.83. The normalized spacial score (nSPS) is 15.4. The maximum Gasteiger partial charge on any atom is 0.0624 e. The molecule has 0 fully saturated rings. The Kier molecular flexibility index (Phi) is 5.43. The van der Waals surface area contributed by atoms with Crippen molar-refractivity contribution in [2.75, 3.05) is 6.61 Å². The number of aliphatic hydroxyl groups is 1. The summed E-state index contributed by atoms with van der Waals surface area (Å²) < 4.78 is 0. The molecule has 2 nitrogen and oxygen atoms in total. The predicted molar refractivity (Wildman–Crippen MR) is 48.2 cm³/mol. The summed E-state index contributed by atoms with van der Waals surface area (Å²) in [5.74, 6) is 0. The van der Waals surface area contributed by atoms with E-state index in [2.05, 4.69) is 6.58 Å². The van der Waals surface area contributed by atoms with Gasteiger partial charge >= 0.3 is 0 Å². The van der Waals surface area contributed by atoms with Gasteiger partial charge in [0.1, 0.15) is 0 Å². The van der Waals surface area contributed by atoms with Crippen LogP contribution in [0.5, 0.6) is 0 Å². The first-order chi connectivity index (χ1) is 5.26. The molecular formula is C9H15NO. The van der Waals surface area contributed by atoms with Gasteiger partial charge in [-0.25, -0.2) is 0 Å². The van der Waals surface area contributed by atoms with Crippen molar-refractivity contribution >= 4 is 0 Å². The van der Waals surface area contributed by atoms with Gasteiger partial charge in [-0.2, -0.15) is 0 Å². The third-order valence-electron chi connectivity index (χ3n) is 1.29. The molecule has 62 valence electrons. The monoisotopic (exact) mass is 153 g/mol. The van der Waals surface area contributed by atoms with Crippen LogP contribution in [0, 0.1) is 0 Å². The fraction of sp³-hybridized carbons (Fsp3) is 0.333. The third-order valence-corrected chi connectivity index (χ3v) is 1.29. The predicted octanol–water partition coefficient (Wildman–Crippen LogP) is 0.994. The minimum absolute atomic E-state index is 0.0377. The van der Waals surface area contributed by atoms with Crippen LogP contribution in [0.2, 0.25) is 0 Å². The summed E-state index contributed by atoms with van der Waals surface area (Å²) >= 11 is 0. The Labute approximate surface area is 67.7 Å². The Bertz CT molecular complexity index is 170. The number of aliphatic hydroxyl groups excluding tert-OH is 1. The lowest BCUT2D eigenvalue weighted by Crippen LogP contribution is -2.25. The number of rotatable bonds is 4. The van der Waals surface area contributed by atoms with Crippen LogP contribution >= 0.6 is 0 Å². The molecule has 0 saturated heterocycles. The molecule has 0 aromatic rings. The molecule has 0 amide bonds. The molecule has 0 unspecified atom stereocenters. The Morgan fingerprint density at radius 1 is 1.73 bits per heavy atom. The van der Waals surface area contributed by atoms with E-state index in [1.165, 1.54) is 0 Å². The van der Waals surface area contributed by atoms with Gasteiger partial charge in [0.15, 0.2) is 0 Å². The van der Waals surface area contributed by atoms with Gasteiger partial charge in [0.05, 0.1) is 12.6 Å². The molecule has 0 rings (SSSR count). The lowest BCUT2D eigenvalue weighted by Gasteiger charge is -2.07. The maximum absolute atomic E-state index is 8.72. The Hall–Kier alpha value is -0.860. The quantitative estimate of drug-likeness (QED) is 0.592. The SMILES string of the molecule is C=C/C=C(\C=C/C)[C@H](N)CO. The van der Waals surface area contributed by atoms with Crippen LogP contribution in [-0.4, -0.2) is 17.8 Å². The van der Waals surface area contributed by atoms with Gasteiger partial charge in [-0.05, 0) is 12.5 Å². The molecule has 1 atom stereocenters. The van der Waals surface area contributed by atoms with E-state index in [0.717, 1.165) is 5.57 Å². The van der Waals surface area contributed by atoms with Crippen molar-refractivity contribution in [2.45, 2.75) is 13.0 Å². The van der Waals surface area contributed by atoms with Crippen molar-refractivity contribution in [2.24, 2.45) is 5.73 Å². The highest BCUT2D eigenvalue weighted by Crippen LogP contribution is 2.01. The summed E-state index contributed by atoms with van der Waals surface area (Å²) in [6.45, 7) is 5.42. The van der Waals surface area contributed by atoms with Gasteiger partial charge in [-0.3, -0.25) is 0 Å². The number of hydrogen-bond acceptors (Lipinski definition) is 2. The molecule has 0 aliphatic rings. The van der Waals surface area contributed by atoms with Gasteiger partial charge in [-0.15, -0.1) is 0 Å². The van der Waals surface area contributed by atoms with Crippen molar-refractivity contribution in [3.63, 3.8) is 0 Å². The van der Waals surface area contributed by atoms with E-state index in [4.69, 9.17) is 10.8 Å². The van der Waals surface area contributed by atoms with E-state index in [9.17, 15) is 0 Å². The average Bonchev–Trinajstić information content (AvgIpc) is 2.03. The Balaban J connectivity index is 4.32. The highest BCUT2D eigenvalue weighted by atomic mass is 16.3. The second-order valence-electron chi connectivity index (χ2n) is 2.19. The highest BCUT2D eigenvalue weighted by Gasteiger charge is 2.01. The molecule has 3 N–H and O–H groups in total. The van der Waals surface area contributed by atoms with Crippen LogP contribution in [0.15, 0.2) is 36.5 Å². The highest BCUT2D eigenvalue weighted by molar-refractivity contribution is 5.27. The largest absolute Gasteiger partial charge is 0.394 e. The molecule has 11 heavy (non-hydrogen) atoms. The standard InChI is InChI=1S/C9H15NO/c1-3-5-8(6-4-2)9(10)7-11/h3-6,9,11H,1,7,10H2,2H3/b6-4-,8-5+/t9-/m1/s1. The van der Waals surface area contributed by atoms with Gasteiger partial charge < -0.3 is 10.8 Å². The van der Waals surface area contributed by atoms with Crippen molar-refractivity contribution in [1.82, 2.24) is 0 Å². The molecule has 0 aliphatic heterocycles. The second kappa shape index (κ2) is 5.89. The van der Waals surface area contributed by atoms with Crippen molar-refractivity contribution in [1.29, 1.82) is 0 Å². The number of hydrogen-bond donors (Lipinski definition) is 2. The molecule has 0 saturated carbocycles. The minimum atomic E-state index is -0.302. The van der Waals surface area contributed by atoms with E-state index >= 15 is 0 Å². The first-order valence-electron chi connectivity index (χ1n) is 3.58. The zero-order valence-electron chi connectivity index (χ0n) is 6.83. The summed E-state index contributed by atoms with van der Waals surface area (Å²) in [4.78, 5) is 0. The lowest BCUT2D eigenvalue weighted by atomic mass is 10.1. The van der Waals surface area contributed by atoms with Gasteiger partial charge in [0.2, 0.25) is 0 Å². The van der Waals surface area contributed by atoms with E-state index in [1.807, 2.05) is 19.1 Å². The average molecular weight is 153 g/mol. The van der Waals surface area contributed by atoms with Crippen LogP contribution in [0.3, 0.4) is 0 Å². The lowest BCUT2D eigenvalue weighted by molar-refractivity contribution is 0.281. The molecule has 2 heteroatoms. The third kappa shape index (κ3) is 3.75. The van der Waals surface area contributed by atoms with Crippen LogP contribution < -0.4 is 5.73 Å². The molecule has 0 heterocycles. The molecule has 0 bridgehead atoms. The van der Waals surface area contributed by atoms with E-state index in [0.29, 0.717) is 0 Å². The summed E-state index contributed by atoms with van der Waals surface area (Å²) in [5.41, 5.74) is 6.47. The molecule has 0 spiro atoms. The molecular weight excluding hydrogens is 138 g/mol. The van der Waals surface area contributed by atoms with Gasteiger partial charge in [0, 0.05) is 0 Å². The Morgan fingerprint density at radius 3 is 2.73 bits per heavy atom. The first-order valence-corrected chi connectivity index (χ1v) is 3.58. The fourth-order valence-electron chi connectivity index (χ4n) is 0.737. The van der Waals surface area contributed by atoms with Crippen molar-refractivity contribution < 1.29 is 5.11 Å². The Morgan fingerprint density at radius 2 is 2.36 bits per heavy atom. The molecule has 0 aromatic heterocycles. The summed E-state index contributed by atoms with van der Waals surface area (Å²) in [7, 11) is 0. The van der Waals surface area contributed by atoms with Gasteiger partial charge in [-0.1, -0.05) is 30.9 Å². The maximum atomic E-state index is 8.72. The minimum Gasteiger partial charge on any atom is -0.394 e. The molecule has 0 aromatic carbocycles. The number of allylic oxidation sites excluding steroid dienone is 3. The van der Waals surface area contributed by atoms with Crippen LogP contribution in [0.25, 0.3) is 0 Å². The number of nitrogens with two attached hydrogens (primary N) is 1. The fourth-order valence-corrected chi connectivity index (χ4v) is 0.737. The van der Waals surface area contributed by atoms with Crippen molar-refractivity contribution in [3.05, 3.63) is 36.5 Å². The summed E-state index contributed by atoms with van der Waals surface area (Å²) in [6.07, 6.45) is 7.19. The van der Waals surface area contributed by atoms with Gasteiger partial charge in [0.25, 0.3) is 0 Å². The smallest absolute Gasteiger partial charge is 0.0624 e. The van der Waals surface area contributed by atoms with Crippen LogP contribution in [0.4, 0.5) is 0 Å². The molecule has 0 radical (unpaired) electrons. The topological polar surface area (TPSA) is 46.2 Å². The zero-order chi connectivity index (χ0) is 8.69.